The van der Waals surface area contributed by atoms with Gasteiger partial charge in [0.25, 0.3) is 0 Å². The van der Waals surface area contributed by atoms with E-state index in [4.69, 9.17) is 15.7 Å². The van der Waals surface area contributed by atoms with Gasteiger partial charge in [0.05, 0.1) is 17.9 Å². The molecule has 10 heteroatoms. The average Bonchev–Trinajstić information content (AvgIpc) is 3.70. The summed E-state index contributed by atoms with van der Waals surface area (Å²) in [5.41, 5.74) is 8.98. The van der Waals surface area contributed by atoms with E-state index in [-0.39, 0.29) is 11.9 Å². The van der Waals surface area contributed by atoms with Gasteiger partial charge in [-0.05, 0) is 49.3 Å². The molecular weight excluding hydrogens is 450 g/mol. The summed E-state index contributed by atoms with van der Waals surface area (Å²) in [6, 6.07) is 4.38. The fourth-order valence-electron chi connectivity index (χ4n) is 4.62. The molecule has 4 aromatic heterocycles. The molecule has 2 fully saturated rings. The Kier molecular flexibility index (Phi) is 5.44. The summed E-state index contributed by atoms with van der Waals surface area (Å²) in [5, 5.41) is 3.85. The number of halogens is 2. The Bertz CT molecular complexity index is 1410. The lowest BCUT2D eigenvalue weighted by atomic mass is 10.0. The maximum Gasteiger partial charge on any atom is 0.168 e. The zero-order chi connectivity index (χ0) is 23.9. The van der Waals surface area contributed by atoms with E-state index < -0.39 is 11.6 Å². The van der Waals surface area contributed by atoms with Crippen molar-refractivity contribution in [2.24, 2.45) is 5.73 Å². The van der Waals surface area contributed by atoms with Gasteiger partial charge in [-0.15, -0.1) is 0 Å². The third-order valence-electron chi connectivity index (χ3n) is 6.46. The van der Waals surface area contributed by atoms with Crippen molar-refractivity contribution in [3.8, 4) is 11.4 Å². The minimum Gasteiger partial charge on any atom is -0.354 e. The largest absolute Gasteiger partial charge is 0.354 e. The van der Waals surface area contributed by atoms with E-state index in [2.05, 4.69) is 25.2 Å². The van der Waals surface area contributed by atoms with Crippen LogP contribution in [0.3, 0.4) is 0 Å². The van der Waals surface area contributed by atoms with Crippen LogP contribution in [0.4, 0.5) is 26.2 Å². The first-order valence-electron chi connectivity index (χ1n) is 11.8. The summed E-state index contributed by atoms with van der Waals surface area (Å²) in [6.45, 7) is 1.61. The van der Waals surface area contributed by atoms with Crippen LogP contribution in [0.2, 0.25) is 0 Å². The average molecular weight is 475 g/mol. The summed E-state index contributed by atoms with van der Waals surface area (Å²) in [7, 11) is 0. The first-order valence-corrected chi connectivity index (χ1v) is 11.8. The predicted octanol–water partition coefficient (Wildman–Crippen LogP) is 4.31. The Labute approximate surface area is 200 Å². The normalized spacial score (nSPS) is 18.1. The third-order valence-corrected chi connectivity index (χ3v) is 6.46. The molecule has 5 heterocycles. The van der Waals surface area contributed by atoms with Gasteiger partial charge in [0.2, 0.25) is 0 Å². The predicted molar refractivity (Wildman–Crippen MR) is 129 cm³/mol. The molecule has 4 aromatic rings. The van der Waals surface area contributed by atoms with Gasteiger partial charge in [-0.3, -0.25) is 4.98 Å². The molecule has 0 radical (unpaired) electrons. The van der Waals surface area contributed by atoms with Gasteiger partial charge in [0.15, 0.2) is 17.5 Å². The van der Waals surface area contributed by atoms with Crippen LogP contribution in [0.5, 0.6) is 0 Å². The summed E-state index contributed by atoms with van der Waals surface area (Å²) in [6.07, 6.45) is 10.5. The number of hydrogen-bond donors (Lipinski definition) is 2. The Balaban J connectivity index is 1.43. The second kappa shape index (κ2) is 8.77. The molecule has 0 aromatic carbocycles. The number of pyridine rings is 3. The van der Waals surface area contributed by atoms with Crippen LogP contribution >= 0.6 is 0 Å². The Morgan fingerprint density at radius 1 is 1.03 bits per heavy atom. The Hall–Kier alpha value is -3.79. The topological polar surface area (TPSA) is 106 Å². The highest BCUT2D eigenvalue weighted by molar-refractivity contribution is 5.94. The number of rotatable bonds is 5. The van der Waals surface area contributed by atoms with Crippen LogP contribution in [0.15, 0.2) is 43.0 Å². The summed E-state index contributed by atoms with van der Waals surface area (Å²) >= 11 is 0. The molecule has 3 N–H and O–H groups in total. The second-order valence-electron chi connectivity index (χ2n) is 9.15. The first-order chi connectivity index (χ1) is 17.0. The Morgan fingerprint density at radius 2 is 1.91 bits per heavy atom. The van der Waals surface area contributed by atoms with Crippen molar-refractivity contribution < 1.29 is 8.78 Å². The number of nitrogens with zero attached hydrogens (tertiary/aromatic N) is 6. The van der Waals surface area contributed by atoms with Gasteiger partial charge in [-0.25, -0.2) is 28.7 Å². The van der Waals surface area contributed by atoms with Crippen LogP contribution in [0.1, 0.15) is 37.2 Å². The van der Waals surface area contributed by atoms with Crippen molar-refractivity contribution in [2.75, 3.05) is 23.3 Å². The van der Waals surface area contributed by atoms with Gasteiger partial charge < -0.3 is 16.0 Å². The molecule has 1 saturated carbocycles. The molecule has 0 bridgehead atoms. The number of fused-ring (bicyclic) bond motifs is 1. The highest BCUT2D eigenvalue weighted by Gasteiger charge is 2.30. The molecule has 35 heavy (non-hydrogen) atoms. The molecule has 0 amide bonds. The van der Waals surface area contributed by atoms with E-state index in [0.717, 1.165) is 67.8 Å². The maximum atomic E-state index is 14.1. The lowest BCUT2D eigenvalue weighted by molar-refractivity contribution is 0.504. The molecular formula is C25H24F2N8. The van der Waals surface area contributed by atoms with Crippen molar-refractivity contribution in [1.82, 2.24) is 24.9 Å². The van der Waals surface area contributed by atoms with Crippen molar-refractivity contribution in [2.45, 2.75) is 37.6 Å². The summed E-state index contributed by atoms with van der Waals surface area (Å²) < 4.78 is 27.3. The lowest BCUT2D eigenvalue weighted by Gasteiger charge is -2.33. The van der Waals surface area contributed by atoms with Crippen LogP contribution < -0.4 is 16.0 Å². The Morgan fingerprint density at radius 3 is 2.71 bits per heavy atom. The van der Waals surface area contributed by atoms with Crippen molar-refractivity contribution in [3.63, 3.8) is 0 Å². The van der Waals surface area contributed by atoms with Crippen molar-refractivity contribution in [1.29, 1.82) is 0 Å². The standard InChI is InChI=1S/C25H24F2N8/c26-16-9-19(27)24(31-10-16)33-21-8-15(5-6-30-21)23-32-20-12-29-11-18(14-3-4-14)22(20)25(34-23)35-7-1-2-17(28)13-35/h5-6,8-12,14,17H,1-4,7,13,28H2,(H,30,31,33). The number of hydrogen-bond acceptors (Lipinski definition) is 8. The SMILES string of the molecule is NC1CCCN(c2nc(-c3ccnc(Nc4ncc(F)cc4F)c3)nc3cncc(C4CC4)c23)C1. The van der Waals surface area contributed by atoms with Crippen LogP contribution in [-0.4, -0.2) is 44.1 Å². The van der Waals surface area contributed by atoms with Crippen molar-refractivity contribution in [3.05, 3.63) is 60.2 Å². The summed E-state index contributed by atoms with van der Waals surface area (Å²) in [5.74, 6) is 0.562. The highest BCUT2D eigenvalue weighted by atomic mass is 19.1. The fourth-order valence-corrected chi connectivity index (χ4v) is 4.62. The zero-order valence-electron chi connectivity index (χ0n) is 19.0. The monoisotopic (exact) mass is 474 g/mol. The van der Waals surface area contributed by atoms with E-state index >= 15 is 0 Å². The zero-order valence-corrected chi connectivity index (χ0v) is 19.0. The fraction of sp³-hybridized carbons (Fsp3) is 0.320. The van der Waals surface area contributed by atoms with Gasteiger partial charge in [-0.1, -0.05) is 0 Å². The highest BCUT2D eigenvalue weighted by Crippen LogP contribution is 2.45. The number of anilines is 3. The van der Waals surface area contributed by atoms with Crippen LogP contribution in [0.25, 0.3) is 22.3 Å². The number of aromatic nitrogens is 5. The molecule has 178 valence electrons. The van der Waals surface area contributed by atoms with E-state index in [1.54, 1.807) is 24.5 Å². The molecule has 1 aliphatic heterocycles. The first kappa shape index (κ1) is 21.7. The van der Waals surface area contributed by atoms with Gasteiger partial charge >= 0.3 is 0 Å². The van der Waals surface area contributed by atoms with Crippen LogP contribution in [0, 0.1) is 11.6 Å². The minimum absolute atomic E-state index is 0.0956. The molecule has 6 rings (SSSR count). The van der Waals surface area contributed by atoms with Crippen molar-refractivity contribution >= 4 is 28.4 Å². The number of nitrogens with one attached hydrogen (secondary N) is 1. The molecule has 1 saturated heterocycles. The molecule has 2 aliphatic rings. The number of piperidine rings is 1. The second-order valence-corrected chi connectivity index (χ2v) is 9.15. The van der Waals surface area contributed by atoms with Gasteiger partial charge in [0.1, 0.15) is 17.5 Å². The van der Waals surface area contributed by atoms with E-state index in [0.29, 0.717) is 23.1 Å². The van der Waals surface area contributed by atoms with E-state index in [1.807, 2.05) is 6.20 Å². The molecule has 1 atom stereocenters. The third kappa shape index (κ3) is 4.37. The molecule has 1 unspecified atom stereocenters. The van der Waals surface area contributed by atoms with E-state index in [1.165, 1.54) is 5.56 Å². The van der Waals surface area contributed by atoms with Crippen LogP contribution in [-0.2, 0) is 0 Å². The quantitative estimate of drug-likeness (QED) is 0.441. The number of nitrogens with two attached hydrogens (primary N) is 1. The van der Waals surface area contributed by atoms with E-state index in [9.17, 15) is 8.78 Å². The molecule has 8 nitrogen and oxygen atoms in total. The minimum atomic E-state index is -0.804. The molecule has 1 aliphatic carbocycles. The van der Waals surface area contributed by atoms with Gasteiger partial charge in [0, 0.05) is 48.5 Å². The van der Waals surface area contributed by atoms with Gasteiger partial charge in [-0.2, -0.15) is 0 Å². The lowest BCUT2D eigenvalue weighted by Crippen LogP contribution is -2.43. The summed E-state index contributed by atoms with van der Waals surface area (Å²) in [4.78, 5) is 24.6. The smallest absolute Gasteiger partial charge is 0.168 e. The molecule has 0 spiro atoms. The maximum absolute atomic E-state index is 14.1.